The third-order valence-electron chi connectivity index (χ3n) is 2.73. The molecule has 0 atom stereocenters. The summed E-state index contributed by atoms with van der Waals surface area (Å²) in [5.74, 6) is -0.493. The van der Waals surface area contributed by atoms with Crippen molar-refractivity contribution >= 4 is 5.97 Å². The highest BCUT2D eigenvalue weighted by molar-refractivity contribution is 5.65. The van der Waals surface area contributed by atoms with Gasteiger partial charge in [-0.05, 0) is 5.56 Å². The van der Waals surface area contributed by atoms with Crippen LogP contribution in [0.15, 0.2) is 46.1 Å². The zero-order chi connectivity index (χ0) is 14.5. The Labute approximate surface area is 114 Å². The minimum absolute atomic E-state index is 0.216. The fourth-order valence-electron chi connectivity index (χ4n) is 1.75. The van der Waals surface area contributed by atoms with Crippen molar-refractivity contribution in [3.05, 3.63) is 68.5 Å². The molecule has 6 nitrogen and oxygen atoms in total. The fraction of sp³-hybridized carbons (Fsp3) is 0.214. The summed E-state index contributed by atoms with van der Waals surface area (Å²) in [5, 5.41) is 0. The maximum Gasteiger partial charge on any atom is 0.331 e. The first-order valence-electron chi connectivity index (χ1n) is 6.06. The highest BCUT2D eigenvalue weighted by Crippen LogP contribution is 2.04. The molecule has 0 fully saturated rings. The molecule has 0 amide bonds. The molecule has 1 aromatic heterocycles. The monoisotopic (exact) mass is 274 g/mol. The molecule has 0 spiro atoms. The highest BCUT2D eigenvalue weighted by Gasteiger charge is 2.06. The summed E-state index contributed by atoms with van der Waals surface area (Å²) in [6.07, 6.45) is 1.81. The van der Waals surface area contributed by atoms with Crippen LogP contribution in [0.5, 0.6) is 0 Å². The molecule has 2 rings (SSSR count). The van der Waals surface area contributed by atoms with E-state index in [2.05, 4.69) is 4.98 Å². The van der Waals surface area contributed by atoms with E-state index in [1.807, 2.05) is 30.3 Å². The maximum absolute atomic E-state index is 11.8. The molecule has 2 aromatic rings. The standard InChI is InChI=1S/C14H14N2O4/c1-10(17)20-9-16-8-12(13(18)15-14(16)19)7-11-5-3-2-4-6-11/h2-6,8H,7,9H2,1H3,(H,15,18,19). The smallest absolute Gasteiger partial charge is 0.331 e. The van der Waals surface area contributed by atoms with Crippen molar-refractivity contribution in [2.75, 3.05) is 0 Å². The van der Waals surface area contributed by atoms with Gasteiger partial charge < -0.3 is 4.74 Å². The van der Waals surface area contributed by atoms with Crippen molar-refractivity contribution in [3.8, 4) is 0 Å². The molecule has 1 heterocycles. The van der Waals surface area contributed by atoms with Gasteiger partial charge >= 0.3 is 11.7 Å². The summed E-state index contributed by atoms with van der Waals surface area (Å²) in [5.41, 5.74) is 0.352. The molecule has 0 aliphatic carbocycles. The first-order valence-corrected chi connectivity index (χ1v) is 6.06. The van der Waals surface area contributed by atoms with Crippen molar-refractivity contribution in [2.45, 2.75) is 20.1 Å². The van der Waals surface area contributed by atoms with E-state index in [4.69, 9.17) is 4.74 Å². The molecule has 0 saturated carbocycles. The van der Waals surface area contributed by atoms with E-state index in [1.165, 1.54) is 13.1 Å². The Bertz CT molecular complexity index is 716. The Morgan fingerprint density at radius 3 is 2.60 bits per heavy atom. The summed E-state index contributed by atoms with van der Waals surface area (Å²) >= 11 is 0. The number of aromatic nitrogens is 2. The van der Waals surface area contributed by atoms with E-state index >= 15 is 0 Å². The van der Waals surface area contributed by atoms with E-state index in [-0.39, 0.29) is 6.73 Å². The van der Waals surface area contributed by atoms with Crippen molar-refractivity contribution in [1.29, 1.82) is 0 Å². The van der Waals surface area contributed by atoms with Gasteiger partial charge in [-0.15, -0.1) is 0 Å². The van der Waals surface area contributed by atoms with Crippen molar-refractivity contribution < 1.29 is 9.53 Å². The van der Waals surface area contributed by atoms with Gasteiger partial charge in [-0.1, -0.05) is 30.3 Å². The van der Waals surface area contributed by atoms with Crippen LogP contribution in [0.4, 0.5) is 0 Å². The van der Waals surface area contributed by atoms with E-state index < -0.39 is 17.2 Å². The average molecular weight is 274 g/mol. The number of H-pyrrole nitrogens is 1. The average Bonchev–Trinajstić information content (AvgIpc) is 2.41. The van der Waals surface area contributed by atoms with Crippen LogP contribution in [0.25, 0.3) is 0 Å². The predicted molar refractivity (Wildman–Crippen MR) is 72.3 cm³/mol. The van der Waals surface area contributed by atoms with Crippen molar-refractivity contribution in [3.63, 3.8) is 0 Å². The number of rotatable bonds is 4. The van der Waals surface area contributed by atoms with E-state index in [0.717, 1.165) is 10.1 Å². The summed E-state index contributed by atoms with van der Waals surface area (Å²) in [6, 6.07) is 9.41. The fourth-order valence-corrected chi connectivity index (χ4v) is 1.75. The Kier molecular flexibility index (Phi) is 4.14. The van der Waals surface area contributed by atoms with Gasteiger partial charge in [-0.25, -0.2) is 4.79 Å². The van der Waals surface area contributed by atoms with Crippen LogP contribution in [0.1, 0.15) is 18.1 Å². The van der Waals surface area contributed by atoms with Crippen molar-refractivity contribution in [2.24, 2.45) is 0 Å². The third kappa shape index (κ3) is 3.44. The first kappa shape index (κ1) is 13.8. The molecule has 20 heavy (non-hydrogen) atoms. The molecule has 0 bridgehead atoms. The Hall–Kier alpha value is -2.63. The molecule has 104 valence electrons. The molecule has 1 N–H and O–H groups in total. The van der Waals surface area contributed by atoms with Gasteiger partial charge in [-0.2, -0.15) is 0 Å². The maximum atomic E-state index is 11.8. The highest BCUT2D eigenvalue weighted by atomic mass is 16.5. The molecule has 0 aliphatic heterocycles. The van der Waals surface area contributed by atoms with Crippen LogP contribution >= 0.6 is 0 Å². The van der Waals surface area contributed by atoms with Gasteiger partial charge in [0.2, 0.25) is 0 Å². The lowest BCUT2D eigenvalue weighted by Gasteiger charge is -2.07. The summed E-state index contributed by atoms with van der Waals surface area (Å²) in [6.45, 7) is 1.04. The number of benzene rings is 1. The van der Waals surface area contributed by atoms with Gasteiger partial charge in [0, 0.05) is 25.1 Å². The van der Waals surface area contributed by atoms with E-state index in [9.17, 15) is 14.4 Å². The van der Waals surface area contributed by atoms with Crippen LogP contribution < -0.4 is 11.2 Å². The number of nitrogens with one attached hydrogen (secondary N) is 1. The molecular weight excluding hydrogens is 260 g/mol. The topological polar surface area (TPSA) is 81.2 Å². The van der Waals surface area contributed by atoms with E-state index in [1.54, 1.807) is 0 Å². The molecule has 6 heteroatoms. The second-order valence-corrected chi connectivity index (χ2v) is 4.31. The Balaban J connectivity index is 2.29. The van der Waals surface area contributed by atoms with Crippen LogP contribution in [-0.4, -0.2) is 15.5 Å². The van der Waals surface area contributed by atoms with E-state index in [0.29, 0.717) is 12.0 Å². The zero-order valence-electron chi connectivity index (χ0n) is 11.0. The Morgan fingerprint density at radius 1 is 1.25 bits per heavy atom. The van der Waals surface area contributed by atoms with Crippen LogP contribution in [0.3, 0.4) is 0 Å². The molecule has 0 aliphatic rings. The third-order valence-corrected chi connectivity index (χ3v) is 2.73. The number of hydrogen-bond acceptors (Lipinski definition) is 4. The lowest BCUT2D eigenvalue weighted by Crippen LogP contribution is -2.32. The van der Waals surface area contributed by atoms with Gasteiger partial charge in [0.15, 0.2) is 6.73 Å². The minimum Gasteiger partial charge on any atom is -0.444 e. The van der Waals surface area contributed by atoms with Gasteiger partial charge in [0.1, 0.15) is 0 Å². The number of esters is 1. The van der Waals surface area contributed by atoms with Gasteiger partial charge in [0.05, 0.1) is 0 Å². The number of hydrogen-bond donors (Lipinski definition) is 1. The van der Waals surface area contributed by atoms with Gasteiger partial charge in [0.25, 0.3) is 5.56 Å². The first-order chi connectivity index (χ1) is 9.56. The van der Waals surface area contributed by atoms with Crippen LogP contribution in [-0.2, 0) is 22.7 Å². The van der Waals surface area contributed by atoms with Crippen LogP contribution in [0, 0.1) is 0 Å². The normalized spacial score (nSPS) is 10.2. The molecule has 1 aromatic carbocycles. The number of carbonyl (C=O) groups is 1. The Morgan fingerprint density at radius 2 is 1.95 bits per heavy atom. The van der Waals surface area contributed by atoms with Crippen molar-refractivity contribution in [1.82, 2.24) is 9.55 Å². The lowest BCUT2D eigenvalue weighted by atomic mass is 10.1. The quantitative estimate of drug-likeness (QED) is 0.830. The molecular formula is C14H14N2O4. The lowest BCUT2D eigenvalue weighted by molar-refractivity contribution is -0.144. The van der Waals surface area contributed by atoms with Crippen LogP contribution in [0.2, 0.25) is 0 Å². The second-order valence-electron chi connectivity index (χ2n) is 4.31. The number of ether oxygens (including phenoxy) is 1. The second kappa shape index (κ2) is 6.01. The number of aromatic amines is 1. The SMILES string of the molecule is CC(=O)OCn1cc(Cc2ccccc2)c(=O)[nH]c1=O. The largest absolute Gasteiger partial charge is 0.444 e. The zero-order valence-corrected chi connectivity index (χ0v) is 11.0. The summed E-state index contributed by atoms with van der Waals surface area (Å²) < 4.78 is 5.91. The minimum atomic E-state index is -0.604. The molecule has 0 saturated heterocycles. The number of nitrogens with zero attached hydrogens (tertiary/aromatic N) is 1. The number of carbonyl (C=O) groups excluding carboxylic acids is 1. The molecule has 0 radical (unpaired) electrons. The summed E-state index contributed by atoms with van der Waals surface area (Å²) in [4.78, 5) is 36.3. The van der Waals surface area contributed by atoms with Gasteiger partial charge in [-0.3, -0.25) is 19.1 Å². The molecule has 0 unspecified atom stereocenters. The summed E-state index contributed by atoms with van der Waals surface area (Å²) in [7, 11) is 0. The predicted octanol–water partition coefficient (Wildman–Crippen LogP) is 0.648.